The first kappa shape index (κ1) is 23.0. The van der Waals surface area contributed by atoms with E-state index in [-0.39, 0.29) is 5.91 Å². The zero-order valence-corrected chi connectivity index (χ0v) is 20.7. The van der Waals surface area contributed by atoms with Crippen molar-refractivity contribution in [3.8, 4) is 11.3 Å². The Labute approximate surface area is 214 Å². The topological polar surface area (TPSA) is 36.7 Å². The summed E-state index contributed by atoms with van der Waals surface area (Å²) >= 11 is 12.2. The molecule has 35 heavy (non-hydrogen) atoms. The molecule has 0 N–H and O–H groups in total. The largest absolute Gasteiger partial charge is 0.457 e. The second kappa shape index (κ2) is 9.49. The Balaban J connectivity index is 1.52. The van der Waals surface area contributed by atoms with E-state index < -0.39 is 0 Å². The number of furan rings is 1. The van der Waals surface area contributed by atoms with Gasteiger partial charge in [0, 0.05) is 36.6 Å². The van der Waals surface area contributed by atoms with Crippen LogP contribution in [0.2, 0.25) is 10.0 Å². The quantitative estimate of drug-likeness (QED) is 0.262. The predicted molar refractivity (Wildman–Crippen MR) is 145 cm³/mol. The van der Waals surface area contributed by atoms with Crippen molar-refractivity contribution < 1.29 is 9.21 Å². The van der Waals surface area contributed by atoms with Gasteiger partial charge >= 0.3 is 0 Å². The van der Waals surface area contributed by atoms with Crippen LogP contribution in [0.25, 0.3) is 23.1 Å². The number of rotatable bonds is 5. The van der Waals surface area contributed by atoms with E-state index in [0.717, 1.165) is 28.2 Å². The van der Waals surface area contributed by atoms with Crippen LogP contribution < -0.4 is 9.80 Å². The van der Waals surface area contributed by atoms with Gasteiger partial charge in [-0.1, -0.05) is 53.5 Å². The first-order valence-electron chi connectivity index (χ1n) is 11.1. The molecular weight excluding hydrogens is 479 g/mol. The van der Waals surface area contributed by atoms with Gasteiger partial charge in [0.2, 0.25) is 0 Å². The molecule has 0 aliphatic carbocycles. The van der Waals surface area contributed by atoms with Crippen molar-refractivity contribution >= 4 is 52.3 Å². The Morgan fingerprint density at radius 3 is 2.26 bits per heavy atom. The molecule has 0 saturated carbocycles. The highest BCUT2D eigenvalue weighted by Gasteiger charge is 2.30. The molecular formula is C29H22Cl2N2O2. The summed E-state index contributed by atoms with van der Waals surface area (Å²) in [6.07, 6.45) is 3.67. The second-order valence-electron chi connectivity index (χ2n) is 8.38. The predicted octanol–water partition coefficient (Wildman–Crippen LogP) is 7.79. The number of hydrogen-bond donors (Lipinski definition) is 0. The van der Waals surface area contributed by atoms with Crippen molar-refractivity contribution in [2.75, 3.05) is 23.9 Å². The summed E-state index contributed by atoms with van der Waals surface area (Å²) in [5.74, 6) is 1.10. The number of nitrogens with zero attached hydrogens (tertiary/aromatic N) is 2. The molecule has 3 aromatic carbocycles. The fraction of sp³-hybridized carbons (Fsp3) is 0.0690. The smallest absolute Gasteiger partial charge is 0.263 e. The molecule has 0 bridgehead atoms. The molecule has 0 radical (unpaired) electrons. The van der Waals surface area contributed by atoms with Gasteiger partial charge in [-0.2, -0.15) is 0 Å². The van der Waals surface area contributed by atoms with E-state index in [4.69, 9.17) is 27.6 Å². The van der Waals surface area contributed by atoms with Crippen LogP contribution in [0.4, 0.5) is 11.4 Å². The van der Waals surface area contributed by atoms with Crippen LogP contribution in [-0.4, -0.2) is 20.0 Å². The minimum absolute atomic E-state index is 0.117. The number of anilines is 2. The van der Waals surface area contributed by atoms with Crippen LogP contribution >= 0.6 is 23.2 Å². The van der Waals surface area contributed by atoms with Gasteiger partial charge in [-0.15, -0.1) is 0 Å². The first-order chi connectivity index (χ1) is 16.9. The number of halogens is 2. The lowest BCUT2D eigenvalue weighted by Gasteiger charge is -2.22. The Morgan fingerprint density at radius 2 is 1.57 bits per heavy atom. The third-order valence-electron chi connectivity index (χ3n) is 5.81. The average Bonchev–Trinajstić information content (AvgIpc) is 3.46. The van der Waals surface area contributed by atoms with E-state index in [0.29, 0.717) is 27.1 Å². The number of carbonyl (C=O) groups is 1. The van der Waals surface area contributed by atoms with E-state index in [1.165, 1.54) is 0 Å². The molecule has 5 rings (SSSR count). The third-order valence-corrected chi connectivity index (χ3v) is 6.54. The van der Waals surface area contributed by atoms with Crippen molar-refractivity contribution in [2.45, 2.75) is 0 Å². The summed E-state index contributed by atoms with van der Waals surface area (Å²) in [6, 6.07) is 26.8. The fourth-order valence-corrected chi connectivity index (χ4v) is 4.28. The Kier molecular flexibility index (Phi) is 6.25. The van der Waals surface area contributed by atoms with Gasteiger partial charge < -0.3 is 9.32 Å². The molecule has 1 aliphatic heterocycles. The molecule has 1 aliphatic rings. The van der Waals surface area contributed by atoms with E-state index >= 15 is 0 Å². The Morgan fingerprint density at radius 1 is 0.829 bits per heavy atom. The second-order valence-corrected chi connectivity index (χ2v) is 9.19. The molecule has 4 aromatic rings. The molecule has 0 atom stereocenters. The maximum absolute atomic E-state index is 13.6. The zero-order chi connectivity index (χ0) is 24.5. The number of carbonyl (C=O) groups excluding carboxylic acids is 1. The number of hydrogen-bond acceptors (Lipinski definition) is 3. The molecule has 0 unspecified atom stereocenters. The summed E-state index contributed by atoms with van der Waals surface area (Å²) in [7, 11) is 3.98. The highest BCUT2D eigenvalue weighted by Crippen LogP contribution is 2.36. The zero-order valence-electron chi connectivity index (χ0n) is 19.2. The Bertz CT molecular complexity index is 1450. The SMILES string of the molecule is CN(C)c1ccc(N2C(=O)C(=Cc3ccc(-c4ccc(Cl)c(Cl)c4)o3)C=C2c2ccccc2)cc1. The highest BCUT2D eigenvalue weighted by molar-refractivity contribution is 6.42. The van der Waals surface area contributed by atoms with Crippen molar-refractivity contribution in [2.24, 2.45) is 0 Å². The lowest BCUT2D eigenvalue weighted by molar-refractivity contribution is -0.113. The summed E-state index contributed by atoms with van der Waals surface area (Å²) < 4.78 is 6.02. The molecule has 0 saturated heterocycles. The molecule has 2 heterocycles. The molecule has 0 fully saturated rings. The lowest BCUT2D eigenvalue weighted by Crippen LogP contribution is -2.25. The highest BCUT2D eigenvalue weighted by atomic mass is 35.5. The van der Waals surface area contributed by atoms with Crippen molar-refractivity contribution in [1.29, 1.82) is 0 Å². The molecule has 1 amide bonds. The van der Waals surface area contributed by atoms with E-state index in [9.17, 15) is 4.79 Å². The van der Waals surface area contributed by atoms with Crippen molar-refractivity contribution in [1.82, 2.24) is 0 Å². The van der Waals surface area contributed by atoms with Gasteiger partial charge in [0.1, 0.15) is 11.5 Å². The van der Waals surface area contributed by atoms with Crippen molar-refractivity contribution in [3.63, 3.8) is 0 Å². The minimum atomic E-state index is -0.117. The molecule has 174 valence electrons. The van der Waals surface area contributed by atoms with Gasteiger partial charge in [0.05, 0.1) is 15.7 Å². The minimum Gasteiger partial charge on any atom is -0.457 e. The average molecular weight is 501 g/mol. The van der Waals surface area contributed by atoms with E-state index in [2.05, 4.69) is 0 Å². The van der Waals surface area contributed by atoms with Crippen LogP contribution in [0.15, 0.2) is 101 Å². The van der Waals surface area contributed by atoms with Crippen LogP contribution in [-0.2, 0) is 4.79 Å². The summed E-state index contributed by atoms with van der Waals surface area (Å²) in [6.45, 7) is 0. The first-order valence-corrected chi connectivity index (χ1v) is 11.8. The van der Waals surface area contributed by atoms with Crippen LogP contribution in [0.1, 0.15) is 11.3 Å². The van der Waals surface area contributed by atoms with Crippen LogP contribution in [0.3, 0.4) is 0 Å². The van der Waals surface area contributed by atoms with Crippen molar-refractivity contribution in [3.05, 3.63) is 118 Å². The summed E-state index contributed by atoms with van der Waals surface area (Å²) in [5, 5.41) is 0.941. The fourth-order valence-electron chi connectivity index (χ4n) is 3.98. The third kappa shape index (κ3) is 4.63. The Hall–Kier alpha value is -3.73. The standard InChI is InChI=1S/C29H22Cl2N2O2/c1-32(2)22-9-11-23(12-10-22)33-27(19-6-4-3-5-7-19)18-21(29(33)34)16-24-13-15-28(35-24)20-8-14-25(30)26(31)17-20/h3-18H,1-2H3. The molecule has 6 heteroatoms. The van der Waals surface area contributed by atoms with Crippen LogP contribution in [0, 0.1) is 0 Å². The molecule has 4 nitrogen and oxygen atoms in total. The summed E-state index contributed by atoms with van der Waals surface area (Å²) in [5.41, 5.74) is 4.98. The normalized spacial score (nSPS) is 14.5. The molecule has 0 spiro atoms. The van der Waals surface area contributed by atoms with Gasteiger partial charge in [-0.3, -0.25) is 9.69 Å². The van der Waals surface area contributed by atoms with E-state index in [1.54, 1.807) is 23.1 Å². The van der Waals surface area contributed by atoms with E-state index in [1.807, 2.05) is 97.9 Å². The maximum atomic E-state index is 13.6. The summed E-state index contributed by atoms with van der Waals surface area (Å²) in [4.78, 5) is 17.4. The molecule has 1 aromatic heterocycles. The van der Waals surface area contributed by atoms with Gasteiger partial charge in [0.25, 0.3) is 5.91 Å². The maximum Gasteiger partial charge on any atom is 0.263 e. The number of amides is 1. The van der Waals surface area contributed by atoms with Crippen LogP contribution in [0.5, 0.6) is 0 Å². The van der Waals surface area contributed by atoms with Gasteiger partial charge in [-0.05, 0) is 72.3 Å². The lowest BCUT2D eigenvalue weighted by atomic mass is 10.1. The monoisotopic (exact) mass is 500 g/mol. The van der Waals surface area contributed by atoms with Gasteiger partial charge in [-0.25, -0.2) is 0 Å². The number of benzene rings is 3. The van der Waals surface area contributed by atoms with Gasteiger partial charge in [0.15, 0.2) is 0 Å².